The molecule has 2 aliphatic rings. The van der Waals surface area contributed by atoms with Crippen LogP contribution in [0.5, 0.6) is 11.5 Å². The lowest BCUT2D eigenvalue weighted by atomic mass is 10.2. The number of carbonyl (C=O) groups is 3. The van der Waals surface area contributed by atoms with Crippen molar-refractivity contribution in [1.82, 2.24) is 10.2 Å². The first-order valence-corrected chi connectivity index (χ1v) is 9.36. The first-order chi connectivity index (χ1) is 13.4. The van der Waals surface area contributed by atoms with E-state index in [-0.39, 0.29) is 41.3 Å². The molecule has 1 aromatic carbocycles. The number of hydrogen-bond acceptors (Lipinski definition) is 6. The molecule has 1 aromatic rings. The Morgan fingerprint density at radius 3 is 2.75 bits per heavy atom. The molecule has 10 heteroatoms. The first kappa shape index (κ1) is 20.1. The van der Waals surface area contributed by atoms with Gasteiger partial charge in [0.05, 0.1) is 12.0 Å². The van der Waals surface area contributed by atoms with Gasteiger partial charge < -0.3 is 14.8 Å². The first-order valence-electron chi connectivity index (χ1n) is 8.55. The molecule has 1 saturated heterocycles. The number of carbonyl (C=O) groups excluding carboxylic acids is 3. The highest BCUT2D eigenvalue weighted by molar-refractivity contribution is 8.18. The second-order valence-corrected chi connectivity index (χ2v) is 7.18. The number of ether oxygens (including phenoxy) is 2. The molecule has 3 amide bonds. The summed E-state index contributed by atoms with van der Waals surface area (Å²) in [5, 5.41) is 2.28. The van der Waals surface area contributed by atoms with Crippen molar-refractivity contribution in [1.29, 1.82) is 0 Å². The molecule has 0 unspecified atom stereocenters. The summed E-state index contributed by atoms with van der Waals surface area (Å²) in [5.74, 6) is -0.518. The number of imide groups is 1. The lowest BCUT2D eigenvalue weighted by molar-refractivity contribution is -0.124. The highest BCUT2D eigenvalue weighted by atomic mass is 32.2. The summed E-state index contributed by atoms with van der Waals surface area (Å²) in [6.07, 6.45) is 3.23. The highest BCUT2D eigenvalue weighted by Crippen LogP contribution is 2.35. The van der Waals surface area contributed by atoms with E-state index in [4.69, 9.17) is 4.74 Å². The minimum Gasteiger partial charge on any atom is -0.493 e. The molecule has 1 heterocycles. The Morgan fingerprint density at radius 2 is 2.11 bits per heavy atom. The van der Waals surface area contributed by atoms with Crippen molar-refractivity contribution in [3.63, 3.8) is 0 Å². The van der Waals surface area contributed by atoms with Crippen molar-refractivity contribution in [2.45, 2.75) is 19.5 Å². The predicted octanol–water partition coefficient (Wildman–Crippen LogP) is 2.86. The molecule has 2 fully saturated rings. The number of hydrogen-bond donors (Lipinski definition) is 1. The molecular formula is C18H18F2N2O5S. The molecule has 0 radical (unpaired) electrons. The lowest BCUT2D eigenvalue weighted by Crippen LogP contribution is -2.37. The van der Waals surface area contributed by atoms with E-state index in [1.165, 1.54) is 31.4 Å². The summed E-state index contributed by atoms with van der Waals surface area (Å²) >= 11 is 0.776. The van der Waals surface area contributed by atoms with Crippen LogP contribution < -0.4 is 14.8 Å². The summed E-state index contributed by atoms with van der Waals surface area (Å²) in [7, 11) is 1.31. The summed E-state index contributed by atoms with van der Waals surface area (Å²) in [5.41, 5.74) is 0.492. The molecule has 1 aliphatic carbocycles. The third-order valence-electron chi connectivity index (χ3n) is 4.16. The number of benzene rings is 1. The van der Waals surface area contributed by atoms with Gasteiger partial charge in [-0.1, -0.05) is 6.07 Å². The molecule has 0 spiro atoms. The van der Waals surface area contributed by atoms with Crippen LogP contribution in [0, 0.1) is 5.92 Å². The molecular weight excluding hydrogens is 394 g/mol. The SMILES string of the molecule is COc1cc(/C=C2\SC(=O)N(CCNC(=O)C3CC3)C2=O)ccc1OC(F)F. The van der Waals surface area contributed by atoms with Crippen LogP contribution in [0.4, 0.5) is 13.6 Å². The van der Waals surface area contributed by atoms with Gasteiger partial charge in [0.15, 0.2) is 11.5 Å². The van der Waals surface area contributed by atoms with Gasteiger partial charge in [-0.15, -0.1) is 0 Å². The van der Waals surface area contributed by atoms with Crippen LogP contribution in [0.15, 0.2) is 23.1 Å². The van der Waals surface area contributed by atoms with Crippen molar-refractivity contribution < 1.29 is 32.6 Å². The second-order valence-electron chi connectivity index (χ2n) is 6.19. The normalized spacial score (nSPS) is 18.1. The third-order valence-corrected chi connectivity index (χ3v) is 5.07. The molecule has 1 saturated carbocycles. The van der Waals surface area contributed by atoms with Gasteiger partial charge in [-0.25, -0.2) is 0 Å². The van der Waals surface area contributed by atoms with E-state index in [1.54, 1.807) is 0 Å². The lowest BCUT2D eigenvalue weighted by Gasteiger charge is -2.12. The van der Waals surface area contributed by atoms with E-state index in [9.17, 15) is 23.2 Å². The average Bonchev–Trinajstić information content (AvgIpc) is 3.46. The maximum absolute atomic E-state index is 12.5. The van der Waals surface area contributed by atoms with Gasteiger partial charge in [-0.2, -0.15) is 8.78 Å². The number of thioether (sulfide) groups is 1. The highest BCUT2D eigenvalue weighted by Gasteiger charge is 2.35. The fraction of sp³-hybridized carbons (Fsp3) is 0.389. The Balaban J connectivity index is 1.66. The Hall–Kier alpha value is -2.62. The van der Waals surface area contributed by atoms with Crippen LogP contribution in [-0.4, -0.2) is 48.8 Å². The topological polar surface area (TPSA) is 84.9 Å². The van der Waals surface area contributed by atoms with Crippen LogP contribution in [0.3, 0.4) is 0 Å². The van der Waals surface area contributed by atoms with Gasteiger partial charge in [-0.05, 0) is 48.4 Å². The van der Waals surface area contributed by atoms with Gasteiger partial charge in [-0.3, -0.25) is 19.3 Å². The minimum atomic E-state index is -2.99. The van der Waals surface area contributed by atoms with Gasteiger partial charge in [0.2, 0.25) is 5.91 Å². The number of nitrogens with one attached hydrogen (secondary N) is 1. The zero-order valence-electron chi connectivity index (χ0n) is 14.9. The smallest absolute Gasteiger partial charge is 0.387 e. The molecule has 1 aliphatic heterocycles. The van der Waals surface area contributed by atoms with Gasteiger partial charge in [0.1, 0.15) is 0 Å². The standard InChI is InChI=1S/C18H18F2N2O5S/c1-26-13-8-10(2-5-12(13)27-17(19)20)9-14-16(24)22(18(25)28-14)7-6-21-15(23)11-3-4-11/h2,5,8-9,11,17H,3-4,6-7H2,1H3,(H,21,23)/b14-9-. The Bertz CT molecular complexity index is 826. The zero-order valence-corrected chi connectivity index (χ0v) is 15.8. The Labute approximate surface area is 164 Å². The molecule has 3 rings (SSSR count). The summed E-state index contributed by atoms with van der Waals surface area (Å²) in [6.45, 7) is -2.70. The average molecular weight is 412 g/mol. The fourth-order valence-electron chi connectivity index (χ4n) is 2.59. The van der Waals surface area contributed by atoms with Crippen LogP contribution in [0.25, 0.3) is 6.08 Å². The number of methoxy groups -OCH3 is 1. The van der Waals surface area contributed by atoms with Crippen molar-refractivity contribution in [3.8, 4) is 11.5 Å². The number of alkyl halides is 2. The zero-order chi connectivity index (χ0) is 20.3. The minimum absolute atomic E-state index is 0.0549. The monoisotopic (exact) mass is 412 g/mol. The molecule has 7 nitrogen and oxygen atoms in total. The van der Waals surface area contributed by atoms with Crippen LogP contribution in [-0.2, 0) is 9.59 Å². The van der Waals surface area contributed by atoms with E-state index < -0.39 is 17.8 Å². The molecule has 0 aromatic heterocycles. The predicted molar refractivity (Wildman–Crippen MR) is 98.0 cm³/mol. The summed E-state index contributed by atoms with van der Waals surface area (Å²) in [6, 6.07) is 4.21. The quantitative estimate of drug-likeness (QED) is 0.661. The van der Waals surface area contributed by atoms with Crippen molar-refractivity contribution >= 4 is 34.9 Å². The van der Waals surface area contributed by atoms with Crippen LogP contribution >= 0.6 is 11.8 Å². The molecule has 1 N–H and O–H groups in total. The maximum atomic E-state index is 12.5. The van der Waals surface area contributed by atoms with Crippen LogP contribution in [0.2, 0.25) is 0 Å². The van der Waals surface area contributed by atoms with Crippen molar-refractivity contribution in [3.05, 3.63) is 28.7 Å². The molecule has 0 bridgehead atoms. The number of amides is 3. The van der Waals surface area contributed by atoms with Crippen molar-refractivity contribution in [2.75, 3.05) is 20.2 Å². The largest absolute Gasteiger partial charge is 0.493 e. The van der Waals surface area contributed by atoms with Gasteiger partial charge >= 0.3 is 6.61 Å². The molecule has 0 atom stereocenters. The van der Waals surface area contributed by atoms with E-state index >= 15 is 0 Å². The van der Waals surface area contributed by atoms with E-state index in [2.05, 4.69) is 10.1 Å². The van der Waals surface area contributed by atoms with E-state index in [0.717, 1.165) is 29.5 Å². The Morgan fingerprint density at radius 1 is 1.36 bits per heavy atom. The van der Waals surface area contributed by atoms with Gasteiger partial charge in [0, 0.05) is 19.0 Å². The molecule has 150 valence electrons. The summed E-state index contributed by atoms with van der Waals surface area (Å²) in [4.78, 5) is 37.4. The number of halogens is 2. The second kappa shape index (κ2) is 8.59. The number of nitrogens with zero attached hydrogens (tertiary/aromatic N) is 1. The van der Waals surface area contributed by atoms with Crippen LogP contribution in [0.1, 0.15) is 18.4 Å². The fourth-order valence-corrected chi connectivity index (χ4v) is 3.46. The van der Waals surface area contributed by atoms with E-state index in [0.29, 0.717) is 5.56 Å². The van der Waals surface area contributed by atoms with E-state index in [1.807, 2.05) is 0 Å². The Kier molecular flexibility index (Phi) is 6.18. The van der Waals surface area contributed by atoms with Gasteiger partial charge in [0.25, 0.3) is 11.1 Å². The number of rotatable bonds is 8. The molecule has 28 heavy (non-hydrogen) atoms. The third kappa shape index (κ3) is 4.80. The maximum Gasteiger partial charge on any atom is 0.387 e. The van der Waals surface area contributed by atoms with Crippen molar-refractivity contribution in [2.24, 2.45) is 5.92 Å². The summed E-state index contributed by atoms with van der Waals surface area (Å²) < 4.78 is 34.2.